The molecule has 1 fully saturated rings. The van der Waals surface area contributed by atoms with E-state index in [-0.39, 0.29) is 36.2 Å². The first-order chi connectivity index (χ1) is 16.8. The standard InChI is InChI=1S/C22H16ClN7O5/c23-11-4-5-13(24-8-11)15-9-29(28-27-15)10-18(32)25-14-3-1-2-12-19(14)22(35)30(21(12)34)16-6-7-17(31)26-20(16)33/h1-5,8-9,16H,6-7,10H2,(H,25,32)(H,26,31,33). The first kappa shape index (κ1) is 22.3. The smallest absolute Gasteiger partial charge is 0.264 e. The molecule has 3 aromatic rings. The number of halogens is 1. The Morgan fingerprint density at radius 2 is 1.94 bits per heavy atom. The summed E-state index contributed by atoms with van der Waals surface area (Å²) < 4.78 is 1.30. The van der Waals surface area contributed by atoms with E-state index >= 15 is 0 Å². The number of hydrogen-bond acceptors (Lipinski definition) is 8. The number of imide groups is 2. The maximum atomic E-state index is 13.1. The molecule has 2 aliphatic rings. The van der Waals surface area contributed by atoms with Crippen LogP contribution in [0.1, 0.15) is 33.6 Å². The highest BCUT2D eigenvalue weighted by Gasteiger charge is 2.45. The highest BCUT2D eigenvalue weighted by Crippen LogP contribution is 2.32. The molecule has 12 nitrogen and oxygen atoms in total. The lowest BCUT2D eigenvalue weighted by Crippen LogP contribution is -2.54. The van der Waals surface area contributed by atoms with E-state index in [9.17, 15) is 24.0 Å². The van der Waals surface area contributed by atoms with Crippen molar-refractivity contribution in [2.45, 2.75) is 25.4 Å². The number of amides is 5. The fourth-order valence-electron chi connectivity index (χ4n) is 3.98. The van der Waals surface area contributed by atoms with Crippen molar-refractivity contribution in [3.8, 4) is 11.4 Å². The maximum absolute atomic E-state index is 13.1. The van der Waals surface area contributed by atoms with Gasteiger partial charge in [-0.25, -0.2) is 4.68 Å². The molecule has 176 valence electrons. The Labute approximate surface area is 202 Å². The van der Waals surface area contributed by atoms with E-state index in [0.717, 1.165) is 4.90 Å². The van der Waals surface area contributed by atoms with Gasteiger partial charge < -0.3 is 5.32 Å². The molecule has 35 heavy (non-hydrogen) atoms. The van der Waals surface area contributed by atoms with E-state index in [1.165, 1.54) is 35.3 Å². The van der Waals surface area contributed by atoms with Crippen LogP contribution in [0.3, 0.4) is 0 Å². The van der Waals surface area contributed by atoms with Crippen LogP contribution in [0.25, 0.3) is 11.4 Å². The predicted octanol–water partition coefficient (Wildman–Crippen LogP) is 1.03. The molecule has 2 N–H and O–H groups in total. The lowest BCUT2D eigenvalue weighted by Gasteiger charge is -2.27. The number of nitrogens with zero attached hydrogens (tertiary/aromatic N) is 5. The number of benzene rings is 1. The van der Waals surface area contributed by atoms with Gasteiger partial charge in [0.15, 0.2) is 0 Å². The Morgan fingerprint density at radius 1 is 1.11 bits per heavy atom. The predicted molar refractivity (Wildman–Crippen MR) is 120 cm³/mol. The van der Waals surface area contributed by atoms with E-state index in [0.29, 0.717) is 16.4 Å². The number of aromatic nitrogens is 4. The molecule has 2 aromatic heterocycles. The van der Waals surface area contributed by atoms with Crippen molar-refractivity contribution >= 4 is 46.8 Å². The molecule has 1 unspecified atom stereocenters. The van der Waals surface area contributed by atoms with Crippen LogP contribution in [0, 0.1) is 0 Å². The lowest BCUT2D eigenvalue weighted by molar-refractivity contribution is -0.136. The van der Waals surface area contributed by atoms with Gasteiger partial charge in [-0.05, 0) is 30.7 Å². The second kappa shape index (κ2) is 8.72. The summed E-state index contributed by atoms with van der Waals surface area (Å²) in [4.78, 5) is 67.4. The van der Waals surface area contributed by atoms with Crippen molar-refractivity contribution in [2.75, 3.05) is 5.32 Å². The fraction of sp³-hybridized carbons (Fsp3) is 0.182. The lowest BCUT2D eigenvalue weighted by atomic mass is 10.0. The third-order valence-electron chi connectivity index (χ3n) is 5.58. The highest BCUT2D eigenvalue weighted by molar-refractivity contribution is 6.30. The number of anilines is 1. The van der Waals surface area contributed by atoms with Gasteiger partial charge in [-0.15, -0.1) is 5.10 Å². The van der Waals surface area contributed by atoms with Crippen molar-refractivity contribution in [2.24, 2.45) is 0 Å². The van der Waals surface area contributed by atoms with Gasteiger partial charge in [0.25, 0.3) is 11.8 Å². The summed E-state index contributed by atoms with van der Waals surface area (Å²) >= 11 is 5.84. The number of rotatable bonds is 5. The monoisotopic (exact) mass is 493 g/mol. The molecule has 4 heterocycles. The van der Waals surface area contributed by atoms with Crippen LogP contribution in [0.2, 0.25) is 5.02 Å². The van der Waals surface area contributed by atoms with Gasteiger partial charge in [0.2, 0.25) is 17.7 Å². The second-order valence-electron chi connectivity index (χ2n) is 7.89. The zero-order valence-corrected chi connectivity index (χ0v) is 18.7. The van der Waals surface area contributed by atoms with Gasteiger partial charge in [0.05, 0.1) is 33.7 Å². The summed E-state index contributed by atoms with van der Waals surface area (Å²) in [6.45, 7) is -0.219. The zero-order valence-electron chi connectivity index (χ0n) is 17.9. The number of pyridine rings is 1. The van der Waals surface area contributed by atoms with Crippen LogP contribution >= 0.6 is 11.6 Å². The van der Waals surface area contributed by atoms with Crippen LogP contribution in [0.4, 0.5) is 5.69 Å². The van der Waals surface area contributed by atoms with Gasteiger partial charge in [-0.2, -0.15) is 0 Å². The van der Waals surface area contributed by atoms with Crippen molar-refractivity contribution in [3.05, 3.63) is 58.9 Å². The molecule has 0 radical (unpaired) electrons. The third-order valence-corrected chi connectivity index (χ3v) is 5.80. The minimum atomic E-state index is -1.10. The molecule has 1 aromatic carbocycles. The van der Waals surface area contributed by atoms with Gasteiger partial charge >= 0.3 is 0 Å². The van der Waals surface area contributed by atoms with E-state index in [4.69, 9.17) is 11.6 Å². The number of carbonyl (C=O) groups is 5. The average Bonchev–Trinajstić information content (AvgIpc) is 3.38. The van der Waals surface area contributed by atoms with Crippen molar-refractivity contribution in [1.29, 1.82) is 0 Å². The summed E-state index contributed by atoms with van der Waals surface area (Å²) in [6.07, 6.45) is 3.05. The Bertz CT molecular complexity index is 1400. The molecule has 0 bridgehead atoms. The Hall–Kier alpha value is -4.45. The van der Waals surface area contributed by atoms with E-state index in [1.54, 1.807) is 12.1 Å². The first-order valence-electron chi connectivity index (χ1n) is 10.5. The average molecular weight is 494 g/mol. The van der Waals surface area contributed by atoms with E-state index in [2.05, 4.69) is 25.9 Å². The van der Waals surface area contributed by atoms with Gasteiger partial charge in [0, 0.05) is 12.6 Å². The number of fused-ring (bicyclic) bond motifs is 1. The number of piperidine rings is 1. The van der Waals surface area contributed by atoms with Crippen LogP contribution < -0.4 is 10.6 Å². The molecule has 1 saturated heterocycles. The first-order valence-corrected chi connectivity index (χ1v) is 10.9. The molecular weight excluding hydrogens is 478 g/mol. The second-order valence-corrected chi connectivity index (χ2v) is 8.32. The van der Waals surface area contributed by atoms with Gasteiger partial charge in [-0.3, -0.25) is 39.2 Å². The molecule has 2 aliphatic heterocycles. The molecule has 5 amide bonds. The van der Waals surface area contributed by atoms with Crippen LogP contribution in [0.15, 0.2) is 42.7 Å². The van der Waals surface area contributed by atoms with E-state index < -0.39 is 35.6 Å². The Morgan fingerprint density at radius 3 is 2.69 bits per heavy atom. The summed E-state index contributed by atoms with van der Waals surface area (Å²) in [5.41, 5.74) is 1.14. The molecule has 0 aliphatic carbocycles. The summed E-state index contributed by atoms with van der Waals surface area (Å²) in [7, 11) is 0. The summed E-state index contributed by atoms with van der Waals surface area (Å²) in [6, 6.07) is 6.68. The molecule has 1 atom stereocenters. The molecule has 0 spiro atoms. The van der Waals surface area contributed by atoms with Crippen LogP contribution in [0.5, 0.6) is 0 Å². The molecule has 5 rings (SSSR count). The maximum Gasteiger partial charge on any atom is 0.264 e. The third kappa shape index (κ3) is 4.15. The molecule has 13 heteroatoms. The fourth-order valence-corrected chi connectivity index (χ4v) is 4.09. The van der Waals surface area contributed by atoms with Gasteiger partial charge in [-0.1, -0.05) is 22.9 Å². The topological polar surface area (TPSA) is 156 Å². The largest absolute Gasteiger partial charge is 0.324 e. The van der Waals surface area contributed by atoms with Crippen LogP contribution in [-0.4, -0.2) is 60.5 Å². The van der Waals surface area contributed by atoms with Gasteiger partial charge in [0.1, 0.15) is 18.3 Å². The quantitative estimate of drug-likeness (QED) is 0.499. The summed E-state index contributed by atoms with van der Waals surface area (Å²) in [5, 5.41) is 13.1. The Kier molecular flexibility index (Phi) is 5.57. The minimum absolute atomic E-state index is 0.0127. The molecule has 0 saturated carbocycles. The SMILES string of the molecule is O=C1CCC(N2C(=O)c3cccc(NC(=O)Cn4cc(-c5ccc(Cl)cn5)nn4)c3C2=O)C(=O)N1. The minimum Gasteiger partial charge on any atom is -0.324 e. The molecular formula is C22H16ClN7O5. The normalized spacial score (nSPS) is 17.4. The number of nitrogens with one attached hydrogen (secondary N) is 2. The number of carbonyl (C=O) groups excluding carboxylic acids is 5. The van der Waals surface area contributed by atoms with E-state index in [1.807, 2.05) is 0 Å². The Balaban J connectivity index is 1.33. The zero-order chi connectivity index (χ0) is 24.7. The highest BCUT2D eigenvalue weighted by atomic mass is 35.5. The van der Waals surface area contributed by atoms with Crippen molar-refractivity contribution < 1.29 is 24.0 Å². The van der Waals surface area contributed by atoms with Crippen molar-refractivity contribution in [1.82, 2.24) is 30.2 Å². The van der Waals surface area contributed by atoms with Crippen molar-refractivity contribution in [3.63, 3.8) is 0 Å². The summed E-state index contributed by atoms with van der Waals surface area (Å²) in [5.74, 6) is -3.06. The van der Waals surface area contributed by atoms with Crippen LogP contribution in [-0.2, 0) is 20.9 Å². The number of hydrogen-bond donors (Lipinski definition) is 2.